The van der Waals surface area contributed by atoms with Crippen LogP contribution in [0.2, 0.25) is 0 Å². The van der Waals surface area contributed by atoms with Crippen molar-refractivity contribution in [2.45, 2.75) is 70.9 Å². The monoisotopic (exact) mass is 238 g/mol. The maximum Gasteiger partial charge on any atom is 0.0195 e. The predicted octanol–water partition coefficient (Wildman–Crippen LogP) is 3.03. The minimum absolute atomic E-state index is 0.761. The molecule has 0 bridgehead atoms. The molecule has 17 heavy (non-hydrogen) atoms. The lowest BCUT2D eigenvalue weighted by molar-refractivity contribution is 0.164. The van der Waals surface area contributed by atoms with Crippen molar-refractivity contribution >= 4 is 0 Å². The van der Waals surface area contributed by atoms with Crippen molar-refractivity contribution in [3.63, 3.8) is 0 Å². The zero-order valence-corrected chi connectivity index (χ0v) is 11.8. The molecule has 0 amide bonds. The van der Waals surface area contributed by atoms with Crippen LogP contribution in [0, 0.1) is 5.92 Å². The van der Waals surface area contributed by atoms with Crippen LogP contribution in [-0.4, -0.2) is 36.6 Å². The average Bonchev–Trinajstić information content (AvgIpc) is 3.14. The van der Waals surface area contributed by atoms with Crippen LogP contribution >= 0.6 is 0 Å². The van der Waals surface area contributed by atoms with Gasteiger partial charge in [0.15, 0.2) is 0 Å². The second-order valence-electron chi connectivity index (χ2n) is 6.17. The number of rotatable bonds is 7. The maximum absolute atomic E-state index is 3.69. The molecule has 1 saturated carbocycles. The molecule has 0 spiro atoms. The van der Waals surface area contributed by atoms with Gasteiger partial charge in [-0.15, -0.1) is 0 Å². The van der Waals surface area contributed by atoms with Crippen molar-refractivity contribution < 1.29 is 0 Å². The number of nitrogens with zero attached hydrogens (tertiary/aromatic N) is 1. The fraction of sp³-hybridized carbons (Fsp3) is 1.00. The van der Waals surface area contributed by atoms with Gasteiger partial charge >= 0.3 is 0 Å². The molecule has 0 aromatic carbocycles. The zero-order valence-electron chi connectivity index (χ0n) is 11.8. The molecule has 0 aromatic rings. The molecule has 100 valence electrons. The van der Waals surface area contributed by atoms with Crippen molar-refractivity contribution in [3.05, 3.63) is 0 Å². The molecule has 2 heteroatoms. The first kappa shape index (κ1) is 13.4. The van der Waals surface area contributed by atoms with Crippen molar-refractivity contribution in [3.8, 4) is 0 Å². The minimum atomic E-state index is 0.761. The molecule has 2 nitrogen and oxygen atoms in total. The Morgan fingerprint density at radius 1 is 1.24 bits per heavy atom. The number of nitrogens with one attached hydrogen (secondary N) is 1. The van der Waals surface area contributed by atoms with Gasteiger partial charge in [-0.3, -0.25) is 4.90 Å². The summed E-state index contributed by atoms with van der Waals surface area (Å²) in [5, 5.41) is 3.69. The van der Waals surface area contributed by atoms with Crippen LogP contribution in [0.1, 0.15) is 58.8 Å². The smallest absolute Gasteiger partial charge is 0.0195 e. The largest absolute Gasteiger partial charge is 0.313 e. The fourth-order valence-electron chi connectivity index (χ4n) is 3.13. The summed E-state index contributed by atoms with van der Waals surface area (Å²) < 4.78 is 0. The third kappa shape index (κ3) is 4.59. The Morgan fingerprint density at radius 3 is 2.65 bits per heavy atom. The molecule has 2 aliphatic rings. The van der Waals surface area contributed by atoms with Gasteiger partial charge < -0.3 is 5.32 Å². The highest BCUT2D eigenvalue weighted by Gasteiger charge is 2.27. The Hall–Kier alpha value is -0.0800. The van der Waals surface area contributed by atoms with E-state index in [0.29, 0.717) is 0 Å². The van der Waals surface area contributed by atoms with Crippen LogP contribution in [0.4, 0.5) is 0 Å². The summed E-state index contributed by atoms with van der Waals surface area (Å²) in [5.41, 5.74) is 0. The normalized spacial score (nSPS) is 27.4. The SMILES string of the molecule is CCCN(CC1CCCCN1)C(C)CC1CC1. The van der Waals surface area contributed by atoms with Gasteiger partial charge in [0, 0.05) is 18.6 Å². The van der Waals surface area contributed by atoms with E-state index >= 15 is 0 Å². The Morgan fingerprint density at radius 2 is 2.06 bits per heavy atom. The van der Waals surface area contributed by atoms with Crippen molar-refractivity contribution in [1.82, 2.24) is 10.2 Å². The lowest BCUT2D eigenvalue weighted by Crippen LogP contribution is -2.46. The fourth-order valence-corrected chi connectivity index (χ4v) is 3.13. The Balaban J connectivity index is 1.76. The van der Waals surface area contributed by atoms with E-state index in [1.54, 1.807) is 0 Å². The van der Waals surface area contributed by atoms with Gasteiger partial charge in [-0.2, -0.15) is 0 Å². The van der Waals surface area contributed by atoms with E-state index in [2.05, 4.69) is 24.1 Å². The van der Waals surface area contributed by atoms with E-state index < -0.39 is 0 Å². The second-order valence-corrected chi connectivity index (χ2v) is 6.17. The van der Waals surface area contributed by atoms with Gasteiger partial charge in [0.1, 0.15) is 0 Å². The van der Waals surface area contributed by atoms with Crippen LogP contribution in [0.25, 0.3) is 0 Å². The molecule has 2 fully saturated rings. The van der Waals surface area contributed by atoms with Gasteiger partial charge in [0.05, 0.1) is 0 Å². The van der Waals surface area contributed by atoms with E-state index in [1.165, 1.54) is 64.6 Å². The van der Waals surface area contributed by atoms with Crippen LogP contribution in [0.3, 0.4) is 0 Å². The number of hydrogen-bond acceptors (Lipinski definition) is 2. The minimum Gasteiger partial charge on any atom is -0.313 e. The molecule has 1 aliphatic carbocycles. The van der Waals surface area contributed by atoms with Gasteiger partial charge in [0.2, 0.25) is 0 Å². The molecule has 0 radical (unpaired) electrons. The Kier molecular flexibility index (Phi) is 5.30. The summed E-state index contributed by atoms with van der Waals surface area (Å²) in [4.78, 5) is 2.74. The number of hydrogen-bond donors (Lipinski definition) is 1. The topological polar surface area (TPSA) is 15.3 Å². The molecule has 0 aromatic heterocycles. The molecule has 1 N–H and O–H groups in total. The average molecular weight is 238 g/mol. The van der Waals surface area contributed by atoms with Crippen molar-refractivity contribution in [2.24, 2.45) is 5.92 Å². The van der Waals surface area contributed by atoms with E-state index in [1.807, 2.05) is 0 Å². The lowest BCUT2D eigenvalue weighted by Gasteiger charge is -2.34. The standard InChI is InChI=1S/C15H30N2/c1-3-10-17(13(2)11-14-7-8-14)12-15-6-4-5-9-16-15/h13-16H,3-12H2,1-2H3. The molecular formula is C15H30N2. The van der Waals surface area contributed by atoms with E-state index in [9.17, 15) is 0 Å². The summed E-state index contributed by atoms with van der Waals surface area (Å²) in [6, 6.07) is 1.56. The summed E-state index contributed by atoms with van der Waals surface area (Å²) in [5.74, 6) is 1.06. The first-order valence-electron chi connectivity index (χ1n) is 7.77. The lowest BCUT2D eigenvalue weighted by atomic mass is 10.0. The molecule has 1 aliphatic heterocycles. The number of piperidine rings is 1. The highest BCUT2D eigenvalue weighted by molar-refractivity contribution is 4.83. The highest BCUT2D eigenvalue weighted by atomic mass is 15.2. The van der Waals surface area contributed by atoms with Crippen LogP contribution < -0.4 is 5.32 Å². The van der Waals surface area contributed by atoms with Gasteiger partial charge in [-0.1, -0.05) is 26.2 Å². The summed E-state index contributed by atoms with van der Waals surface area (Å²) in [6.07, 6.45) is 9.90. The quantitative estimate of drug-likeness (QED) is 0.733. The molecule has 2 atom stereocenters. The predicted molar refractivity (Wildman–Crippen MR) is 74.3 cm³/mol. The van der Waals surface area contributed by atoms with Crippen LogP contribution in [0.5, 0.6) is 0 Å². The third-order valence-corrected chi connectivity index (χ3v) is 4.37. The van der Waals surface area contributed by atoms with Crippen molar-refractivity contribution in [1.29, 1.82) is 0 Å². The second kappa shape index (κ2) is 6.75. The molecule has 2 rings (SSSR count). The molecular weight excluding hydrogens is 208 g/mol. The van der Waals surface area contributed by atoms with E-state index in [0.717, 1.165) is 18.0 Å². The summed E-state index contributed by atoms with van der Waals surface area (Å²) >= 11 is 0. The van der Waals surface area contributed by atoms with E-state index in [-0.39, 0.29) is 0 Å². The maximum atomic E-state index is 3.69. The third-order valence-electron chi connectivity index (χ3n) is 4.37. The summed E-state index contributed by atoms with van der Waals surface area (Å²) in [6.45, 7) is 8.55. The van der Waals surface area contributed by atoms with Crippen LogP contribution in [0.15, 0.2) is 0 Å². The summed E-state index contributed by atoms with van der Waals surface area (Å²) in [7, 11) is 0. The molecule has 2 unspecified atom stereocenters. The van der Waals surface area contributed by atoms with Gasteiger partial charge in [-0.25, -0.2) is 0 Å². The molecule has 1 heterocycles. The molecule has 1 saturated heterocycles. The van der Waals surface area contributed by atoms with E-state index in [4.69, 9.17) is 0 Å². The first-order valence-corrected chi connectivity index (χ1v) is 7.77. The van der Waals surface area contributed by atoms with Crippen LogP contribution in [-0.2, 0) is 0 Å². The Bertz CT molecular complexity index is 207. The Labute approximate surface area is 107 Å². The van der Waals surface area contributed by atoms with Gasteiger partial charge in [0.25, 0.3) is 0 Å². The highest BCUT2D eigenvalue weighted by Crippen LogP contribution is 2.34. The van der Waals surface area contributed by atoms with Gasteiger partial charge in [-0.05, 0) is 51.6 Å². The zero-order chi connectivity index (χ0) is 12.1. The first-order chi connectivity index (χ1) is 8.29. The van der Waals surface area contributed by atoms with Crippen molar-refractivity contribution in [2.75, 3.05) is 19.6 Å².